The predicted molar refractivity (Wildman–Crippen MR) is 99.2 cm³/mol. The van der Waals surface area contributed by atoms with Crippen molar-refractivity contribution in [1.29, 1.82) is 0 Å². The Hall–Kier alpha value is -3.74. The fourth-order valence-electron chi connectivity index (χ4n) is 2.70. The average Bonchev–Trinajstić information content (AvgIpc) is 2.65. The molecule has 130 valence electrons. The highest BCUT2D eigenvalue weighted by Crippen LogP contribution is 2.38. The van der Waals surface area contributed by atoms with Crippen molar-refractivity contribution in [1.82, 2.24) is 0 Å². The van der Waals surface area contributed by atoms with Gasteiger partial charge in [-0.3, -0.25) is 20.2 Å². The van der Waals surface area contributed by atoms with Crippen LogP contribution >= 0.6 is 0 Å². The van der Waals surface area contributed by atoms with E-state index in [1.165, 1.54) is 19.2 Å². The molecule has 0 unspecified atom stereocenters. The van der Waals surface area contributed by atoms with Gasteiger partial charge in [0.2, 0.25) is 0 Å². The second-order valence-electron chi connectivity index (χ2n) is 5.55. The zero-order chi connectivity index (χ0) is 18.7. The first-order valence-corrected chi connectivity index (χ1v) is 7.67. The maximum Gasteiger partial charge on any atom is 0.318 e. The first-order valence-electron chi connectivity index (χ1n) is 7.67. The average molecular weight is 350 g/mol. The maximum absolute atomic E-state index is 11.2. The largest absolute Gasteiger partial charge is 0.485 e. The topological polar surface area (TPSA) is 95.5 Å². The molecule has 3 aromatic carbocycles. The third-order valence-electron chi connectivity index (χ3n) is 3.91. The molecule has 0 fully saturated rings. The van der Waals surface area contributed by atoms with Crippen LogP contribution in [0.25, 0.3) is 22.9 Å². The number of fused-ring (bicyclic) bond motifs is 1. The number of hydrogen-bond donors (Lipinski definition) is 0. The van der Waals surface area contributed by atoms with Crippen LogP contribution in [-0.2, 0) is 0 Å². The second kappa shape index (κ2) is 7.02. The molecule has 0 aliphatic heterocycles. The van der Waals surface area contributed by atoms with E-state index in [0.29, 0.717) is 5.56 Å². The van der Waals surface area contributed by atoms with Gasteiger partial charge in [0.15, 0.2) is 0 Å². The van der Waals surface area contributed by atoms with E-state index in [-0.39, 0.29) is 5.75 Å². The summed E-state index contributed by atoms with van der Waals surface area (Å²) in [5, 5.41) is 24.6. The van der Waals surface area contributed by atoms with Gasteiger partial charge < -0.3 is 4.74 Å². The van der Waals surface area contributed by atoms with E-state index in [2.05, 4.69) is 0 Å². The standard InChI is InChI=1S/C19H14N2O5/c1-26-19-17(20(22)23)11-14(12-18(19)21(24)25)7-6-13-8-9-15-4-2-3-5-16(15)10-13/h2-12H,1H3/b7-6-. The van der Waals surface area contributed by atoms with Crippen LogP contribution in [0.1, 0.15) is 11.1 Å². The van der Waals surface area contributed by atoms with E-state index < -0.39 is 21.2 Å². The van der Waals surface area contributed by atoms with E-state index in [1.807, 2.05) is 42.5 Å². The Kier molecular flexibility index (Phi) is 4.62. The van der Waals surface area contributed by atoms with Crippen molar-refractivity contribution in [3.8, 4) is 5.75 Å². The zero-order valence-corrected chi connectivity index (χ0v) is 13.8. The highest BCUT2D eigenvalue weighted by molar-refractivity contribution is 5.86. The summed E-state index contributed by atoms with van der Waals surface area (Å²) in [4.78, 5) is 21.0. The molecule has 3 aromatic rings. The van der Waals surface area contributed by atoms with Crippen molar-refractivity contribution >= 4 is 34.3 Å². The van der Waals surface area contributed by atoms with Gasteiger partial charge >= 0.3 is 11.4 Å². The van der Waals surface area contributed by atoms with Gasteiger partial charge in [-0.2, -0.15) is 0 Å². The summed E-state index contributed by atoms with van der Waals surface area (Å²) in [6, 6.07) is 16.2. The molecule has 7 nitrogen and oxygen atoms in total. The lowest BCUT2D eigenvalue weighted by molar-refractivity contribution is -0.395. The summed E-state index contributed by atoms with van der Waals surface area (Å²) in [5.74, 6) is -0.358. The number of methoxy groups -OCH3 is 1. The van der Waals surface area contributed by atoms with Gasteiger partial charge in [0, 0.05) is 12.1 Å². The van der Waals surface area contributed by atoms with Gasteiger partial charge in [-0.05, 0) is 28.0 Å². The third-order valence-corrected chi connectivity index (χ3v) is 3.91. The molecule has 0 atom stereocenters. The number of ether oxygens (including phenoxy) is 1. The Morgan fingerprint density at radius 3 is 1.96 bits per heavy atom. The van der Waals surface area contributed by atoms with Crippen LogP contribution in [0.5, 0.6) is 5.75 Å². The number of rotatable bonds is 5. The number of nitro groups is 2. The van der Waals surface area contributed by atoms with Crippen LogP contribution < -0.4 is 4.74 Å². The lowest BCUT2D eigenvalue weighted by Crippen LogP contribution is -1.99. The normalized spacial score (nSPS) is 11.0. The van der Waals surface area contributed by atoms with Gasteiger partial charge in [-0.15, -0.1) is 0 Å². The highest BCUT2D eigenvalue weighted by atomic mass is 16.6. The van der Waals surface area contributed by atoms with E-state index >= 15 is 0 Å². The smallest absolute Gasteiger partial charge is 0.318 e. The van der Waals surface area contributed by atoms with Crippen LogP contribution in [0.2, 0.25) is 0 Å². The zero-order valence-electron chi connectivity index (χ0n) is 13.8. The monoisotopic (exact) mass is 350 g/mol. The minimum atomic E-state index is -0.695. The lowest BCUT2D eigenvalue weighted by atomic mass is 10.1. The van der Waals surface area contributed by atoms with Gasteiger partial charge in [0.25, 0.3) is 5.75 Å². The number of benzene rings is 3. The lowest BCUT2D eigenvalue weighted by Gasteiger charge is -2.04. The van der Waals surface area contributed by atoms with Crippen molar-refractivity contribution in [2.24, 2.45) is 0 Å². The van der Waals surface area contributed by atoms with E-state index in [9.17, 15) is 20.2 Å². The summed E-state index contributed by atoms with van der Waals surface area (Å²) < 4.78 is 4.86. The molecule has 0 bridgehead atoms. The second-order valence-corrected chi connectivity index (χ2v) is 5.55. The molecule has 0 spiro atoms. The molecular formula is C19H14N2O5. The van der Waals surface area contributed by atoms with Crippen molar-refractivity contribution in [3.63, 3.8) is 0 Å². The van der Waals surface area contributed by atoms with Gasteiger partial charge in [0.05, 0.1) is 17.0 Å². The maximum atomic E-state index is 11.2. The van der Waals surface area contributed by atoms with Crippen molar-refractivity contribution in [2.75, 3.05) is 7.11 Å². The predicted octanol–water partition coefficient (Wildman–Crippen LogP) is 4.84. The Balaban J connectivity index is 2.03. The van der Waals surface area contributed by atoms with Crippen molar-refractivity contribution in [3.05, 3.63) is 86.0 Å². The molecule has 0 aliphatic rings. The fraction of sp³-hybridized carbons (Fsp3) is 0.0526. The van der Waals surface area contributed by atoms with E-state index in [4.69, 9.17) is 4.74 Å². The molecule has 0 aromatic heterocycles. The fourth-order valence-corrected chi connectivity index (χ4v) is 2.70. The molecule has 0 amide bonds. The van der Waals surface area contributed by atoms with E-state index in [0.717, 1.165) is 16.3 Å². The minimum absolute atomic E-state index is 0.345. The SMILES string of the molecule is COc1c([N+](=O)[O-])cc(/C=C\c2ccc3ccccc3c2)cc1[N+](=O)[O-]. The molecular weight excluding hydrogens is 336 g/mol. The van der Waals surface area contributed by atoms with Crippen molar-refractivity contribution in [2.45, 2.75) is 0 Å². The summed E-state index contributed by atoms with van der Waals surface area (Å²) in [7, 11) is 1.17. The molecule has 0 N–H and O–H groups in total. The molecule has 3 rings (SSSR count). The van der Waals surface area contributed by atoms with Crippen LogP contribution in [0.4, 0.5) is 11.4 Å². The summed E-state index contributed by atoms with van der Waals surface area (Å²) >= 11 is 0. The van der Waals surface area contributed by atoms with Crippen LogP contribution in [0.15, 0.2) is 54.6 Å². The molecule has 0 saturated carbocycles. The summed E-state index contributed by atoms with van der Waals surface area (Å²) in [6.45, 7) is 0. The highest BCUT2D eigenvalue weighted by Gasteiger charge is 2.27. The Morgan fingerprint density at radius 1 is 0.808 bits per heavy atom. The van der Waals surface area contributed by atoms with Gasteiger partial charge in [-0.1, -0.05) is 48.6 Å². The summed E-state index contributed by atoms with van der Waals surface area (Å²) in [5.41, 5.74) is 0.335. The molecule has 0 radical (unpaired) electrons. The van der Waals surface area contributed by atoms with Crippen LogP contribution in [0.3, 0.4) is 0 Å². The Morgan fingerprint density at radius 2 is 1.38 bits per heavy atom. The third kappa shape index (κ3) is 3.36. The summed E-state index contributed by atoms with van der Waals surface area (Å²) in [6.07, 6.45) is 3.35. The number of hydrogen-bond acceptors (Lipinski definition) is 5. The van der Waals surface area contributed by atoms with E-state index in [1.54, 1.807) is 12.2 Å². The number of nitro benzene ring substituents is 2. The van der Waals surface area contributed by atoms with Crippen molar-refractivity contribution < 1.29 is 14.6 Å². The van der Waals surface area contributed by atoms with Gasteiger partial charge in [-0.25, -0.2) is 0 Å². The molecule has 0 saturated heterocycles. The Bertz CT molecular complexity index is 1010. The van der Waals surface area contributed by atoms with Crippen LogP contribution in [0, 0.1) is 20.2 Å². The molecule has 7 heteroatoms. The minimum Gasteiger partial charge on any atom is -0.485 e. The van der Waals surface area contributed by atoms with Crippen LogP contribution in [-0.4, -0.2) is 17.0 Å². The van der Waals surface area contributed by atoms with Gasteiger partial charge in [0.1, 0.15) is 0 Å². The quantitative estimate of drug-likeness (QED) is 0.373. The number of nitrogens with zero attached hydrogens (tertiary/aromatic N) is 2. The molecule has 26 heavy (non-hydrogen) atoms. The first-order chi connectivity index (χ1) is 12.5. The molecule has 0 heterocycles. The molecule has 0 aliphatic carbocycles. The Labute approximate surface area is 148 Å². The first kappa shape index (κ1) is 17.1.